The van der Waals surface area contributed by atoms with Gasteiger partial charge in [-0.05, 0) is 11.1 Å². The van der Waals surface area contributed by atoms with E-state index in [-0.39, 0.29) is 0 Å². The van der Waals surface area contributed by atoms with Crippen LogP contribution < -0.4 is 0 Å². The molecule has 3 aromatic rings. The van der Waals surface area contributed by atoms with E-state index in [1.807, 2.05) is 0 Å². The molecule has 11 heteroatoms. The van der Waals surface area contributed by atoms with Gasteiger partial charge in [0.25, 0.3) is 5.08 Å². The first-order chi connectivity index (χ1) is 15.0. The summed E-state index contributed by atoms with van der Waals surface area (Å²) >= 11 is 0. The summed E-state index contributed by atoms with van der Waals surface area (Å²) in [7, 11) is -11.2. The number of rotatable bonds is 10. The van der Waals surface area contributed by atoms with Crippen LogP contribution in [0.25, 0.3) is 0 Å². The Morgan fingerprint density at radius 3 is 1.87 bits per heavy atom. The van der Waals surface area contributed by atoms with Crippen molar-refractivity contribution in [2.24, 2.45) is 0 Å². The second kappa shape index (κ2) is 9.37. The molecule has 0 spiro atoms. The van der Waals surface area contributed by atoms with Gasteiger partial charge in [-0.2, -0.15) is 0 Å². The average molecular weight is 454 g/mol. The fourth-order valence-corrected chi connectivity index (χ4v) is 5.65. The highest BCUT2D eigenvalue weighted by Gasteiger charge is 2.62. The Morgan fingerprint density at radius 2 is 1.47 bits per heavy atom. The van der Waals surface area contributed by atoms with Crippen LogP contribution in [0.4, 0.5) is 0 Å². The van der Waals surface area contributed by atoms with E-state index in [1.165, 1.54) is 0 Å². The Labute approximate surface area is 176 Å². The van der Waals surface area contributed by atoms with Gasteiger partial charge in [0.15, 0.2) is 0 Å². The second-order valence-corrected chi connectivity index (χ2v) is 10.5. The quantitative estimate of drug-likeness (QED) is 0.398. The molecule has 1 unspecified atom stereocenters. The normalized spacial score (nSPS) is 15.8. The van der Waals surface area contributed by atoms with Gasteiger partial charge in [0.05, 0.1) is 28.8 Å². The van der Waals surface area contributed by atoms with Crippen molar-refractivity contribution in [1.29, 1.82) is 0 Å². The van der Waals surface area contributed by atoms with E-state index in [1.54, 1.807) is 60.7 Å². The number of hydrogen-bond donors (Lipinski definition) is 3. The third-order valence-corrected chi connectivity index (χ3v) is 8.29. The van der Waals surface area contributed by atoms with Gasteiger partial charge < -0.3 is 28.5 Å². The molecule has 0 aliphatic heterocycles. The molecule has 30 heavy (non-hydrogen) atoms. The van der Waals surface area contributed by atoms with Crippen molar-refractivity contribution in [3.8, 4) is 0 Å². The molecule has 160 valence electrons. The lowest BCUT2D eigenvalue weighted by Gasteiger charge is -2.35. The number of nitrogens with zero attached hydrogens (tertiary/aromatic N) is 2. The molecule has 3 rings (SSSR count). The minimum absolute atomic E-state index is 0.463. The predicted octanol–water partition coefficient (Wildman–Crippen LogP) is 3.33. The number of aliphatic hydroxyl groups is 1. The molecule has 0 amide bonds. The van der Waals surface area contributed by atoms with Gasteiger partial charge >= 0.3 is 15.2 Å². The van der Waals surface area contributed by atoms with Crippen molar-refractivity contribution in [3.05, 3.63) is 90.5 Å². The molecular weight excluding hydrogens is 430 g/mol. The number of hydrogen-bond acceptors (Lipinski definition) is 6. The van der Waals surface area contributed by atoms with E-state index < -0.39 is 40.0 Å². The van der Waals surface area contributed by atoms with Crippen LogP contribution in [-0.4, -0.2) is 29.5 Å². The van der Waals surface area contributed by atoms with E-state index in [2.05, 4.69) is 4.98 Å². The summed E-state index contributed by atoms with van der Waals surface area (Å²) in [6, 6.07) is 16.5. The predicted molar refractivity (Wildman–Crippen MR) is 109 cm³/mol. The fourth-order valence-electron chi connectivity index (χ4n) is 2.47. The third kappa shape index (κ3) is 5.14. The largest absolute Gasteiger partial charge is 0.377 e. The maximum absolute atomic E-state index is 13.9. The number of imidazole rings is 1. The molecule has 1 aromatic heterocycles. The van der Waals surface area contributed by atoms with Crippen LogP contribution in [0.3, 0.4) is 0 Å². The Bertz CT molecular complexity index is 1060. The van der Waals surface area contributed by atoms with Crippen molar-refractivity contribution < 1.29 is 35.8 Å². The van der Waals surface area contributed by atoms with Crippen LogP contribution in [0.1, 0.15) is 13.9 Å². The summed E-state index contributed by atoms with van der Waals surface area (Å²) in [5, 5.41) is 7.33. The van der Waals surface area contributed by atoms with Crippen LogP contribution in [0.15, 0.2) is 79.4 Å². The minimum atomic E-state index is -5.90. The van der Waals surface area contributed by atoms with Gasteiger partial charge in [0, 0.05) is 12.4 Å². The Morgan fingerprint density at radius 1 is 0.967 bits per heavy atom. The van der Waals surface area contributed by atoms with Gasteiger partial charge in [-0.15, -0.1) is 0 Å². The molecule has 1 atom stereocenters. The second-order valence-electron chi connectivity index (χ2n) is 6.28. The topological polar surface area (TPSA) is 131 Å². The molecule has 0 aliphatic rings. The summed E-state index contributed by atoms with van der Waals surface area (Å²) in [4.78, 5) is 23.8. The van der Waals surface area contributed by atoms with Gasteiger partial charge in [0.2, 0.25) is 0 Å². The highest BCUT2D eigenvalue weighted by atomic mass is 31.2. The van der Waals surface area contributed by atoms with Gasteiger partial charge in [-0.25, -0.2) is 4.98 Å². The van der Waals surface area contributed by atoms with Crippen molar-refractivity contribution in [2.45, 2.75) is 24.8 Å². The van der Waals surface area contributed by atoms with Crippen molar-refractivity contribution in [2.75, 3.05) is 0 Å². The van der Waals surface area contributed by atoms with Crippen LogP contribution >= 0.6 is 15.2 Å². The van der Waals surface area contributed by atoms with E-state index in [0.29, 0.717) is 15.7 Å². The Kier molecular flexibility index (Phi) is 6.20. The van der Waals surface area contributed by atoms with Gasteiger partial charge in [-0.1, -0.05) is 60.7 Å². The van der Waals surface area contributed by atoms with Crippen molar-refractivity contribution in [1.82, 2.24) is 9.55 Å². The standard InChI is InChI=1S/C19H22N2O7P2/c22-19(29(23,24)25,15-21-12-11-20-16-21)30(26,27-13-17-7-3-1-4-8-17)28-14-18-9-5-2-6-10-18/h1-12,16,22H,13-15H2,(H2,23,24,25)/i15D2. The monoisotopic (exact) mass is 454 g/mol. The van der Waals surface area contributed by atoms with Crippen LogP contribution in [0.2, 0.25) is 0 Å². The highest BCUT2D eigenvalue weighted by Crippen LogP contribution is 2.73. The maximum atomic E-state index is 13.9. The average Bonchev–Trinajstić information content (AvgIpc) is 3.32. The van der Waals surface area contributed by atoms with Gasteiger partial charge in [0.1, 0.15) is 0 Å². The molecule has 1 heterocycles. The smallest absolute Gasteiger partial charge is 0.366 e. The molecule has 0 bridgehead atoms. The lowest BCUT2D eigenvalue weighted by molar-refractivity contribution is 0.0807. The first-order valence-corrected chi connectivity index (χ1v) is 11.9. The zero-order valence-corrected chi connectivity index (χ0v) is 17.5. The first-order valence-electron chi connectivity index (χ1n) is 9.75. The minimum Gasteiger partial charge on any atom is -0.366 e. The molecule has 3 N–H and O–H groups in total. The molecule has 0 saturated heterocycles. The summed E-state index contributed by atoms with van der Waals surface area (Å²) in [6.45, 7) is -4.25. The molecule has 0 radical (unpaired) electrons. The summed E-state index contributed by atoms with van der Waals surface area (Å²) < 4.78 is 54.3. The SMILES string of the molecule is [2H]C([2H])(n1ccnc1)C(O)(P(=O)(O)O)P(=O)(OCc1ccccc1)OCc1ccccc1. The zero-order valence-electron chi connectivity index (χ0n) is 17.7. The molecule has 0 saturated carbocycles. The molecule has 0 fully saturated rings. The fraction of sp³-hybridized carbons (Fsp3) is 0.211. The number of aromatic nitrogens is 2. The maximum Gasteiger partial charge on any atom is 0.377 e. The van der Waals surface area contributed by atoms with Crippen LogP contribution in [0, 0.1) is 0 Å². The Hall–Kier alpha value is -2.09. The van der Waals surface area contributed by atoms with E-state index >= 15 is 0 Å². The van der Waals surface area contributed by atoms with Crippen LogP contribution in [-0.2, 0) is 37.9 Å². The van der Waals surface area contributed by atoms with E-state index in [9.17, 15) is 24.0 Å². The third-order valence-electron chi connectivity index (χ3n) is 4.06. The van der Waals surface area contributed by atoms with E-state index in [0.717, 1.165) is 18.7 Å². The lowest BCUT2D eigenvalue weighted by atomic mass is 10.2. The first kappa shape index (κ1) is 19.8. The molecule has 0 aliphatic carbocycles. The van der Waals surface area contributed by atoms with Crippen molar-refractivity contribution >= 4 is 15.2 Å². The summed E-state index contributed by atoms with van der Waals surface area (Å²) in [5.41, 5.74) is 0.930. The van der Waals surface area contributed by atoms with Crippen LogP contribution in [0.5, 0.6) is 0 Å². The molecular formula is C19H22N2O7P2. The van der Waals surface area contributed by atoms with E-state index in [4.69, 9.17) is 11.8 Å². The van der Waals surface area contributed by atoms with Crippen molar-refractivity contribution in [3.63, 3.8) is 0 Å². The Balaban J connectivity index is 2.08. The zero-order chi connectivity index (χ0) is 23.5. The summed E-state index contributed by atoms with van der Waals surface area (Å²) in [5.74, 6) is 0. The van der Waals surface area contributed by atoms with Gasteiger partial charge in [-0.3, -0.25) is 9.13 Å². The summed E-state index contributed by atoms with van der Waals surface area (Å²) in [6.07, 6.45) is 3.05. The highest BCUT2D eigenvalue weighted by molar-refractivity contribution is 7.72. The lowest BCUT2D eigenvalue weighted by Crippen LogP contribution is -2.35. The molecule has 9 nitrogen and oxygen atoms in total. The molecule has 2 aromatic carbocycles. The number of benzene rings is 2.